The third-order valence-corrected chi connectivity index (χ3v) is 4.30. The van der Waals surface area contributed by atoms with Crippen molar-refractivity contribution in [3.63, 3.8) is 0 Å². The summed E-state index contributed by atoms with van der Waals surface area (Å²) in [5.74, 6) is -0.248. The van der Waals surface area contributed by atoms with Crippen LogP contribution >= 0.6 is 0 Å². The van der Waals surface area contributed by atoms with Crippen LogP contribution in [-0.2, 0) is 0 Å². The van der Waals surface area contributed by atoms with Gasteiger partial charge in [0.25, 0.3) is 0 Å². The minimum Gasteiger partial charge on any atom is -0.264 e. The zero-order chi connectivity index (χ0) is 16.7. The molecule has 2 heterocycles. The Morgan fingerprint density at radius 2 is 1.67 bits per heavy atom. The molecule has 0 saturated heterocycles. The molecule has 0 radical (unpaired) electrons. The van der Waals surface area contributed by atoms with E-state index in [2.05, 4.69) is 36.1 Å². The van der Waals surface area contributed by atoms with Crippen LogP contribution in [0.25, 0.3) is 27.7 Å². The van der Waals surface area contributed by atoms with E-state index in [1.165, 1.54) is 28.8 Å². The van der Waals surface area contributed by atoms with Gasteiger partial charge in [0.05, 0.1) is 17.4 Å². The zero-order valence-corrected chi connectivity index (χ0v) is 13.5. The molecule has 0 amide bonds. The molecule has 0 unspecified atom stereocenters. The molecule has 3 nitrogen and oxygen atoms in total. The molecule has 0 N–H and O–H groups in total. The quantitative estimate of drug-likeness (QED) is 0.529. The van der Waals surface area contributed by atoms with Crippen LogP contribution in [0.1, 0.15) is 11.1 Å². The van der Waals surface area contributed by atoms with Gasteiger partial charge >= 0.3 is 0 Å². The molecule has 0 atom stereocenters. The van der Waals surface area contributed by atoms with Gasteiger partial charge < -0.3 is 0 Å². The maximum Gasteiger partial charge on any atom is 0.123 e. The van der Waals surface area contributed by atoms with Crippen molar-refractivity contribution in [3.8, 4) is 16.8 Å². The third-order valence-electron chi connectivity index (χ3n) is 4.30. The van der Waals surface area contributed by atoms with Crippen LogP contribution in [0.2, 0.25) is 0 Å². The van der Waals surface area contributed by atoms with E-state index in [0.29, 0.717) is 0 Å². The van der Waals surface area contributed by atoms with Crippen LogP contribution in [-0.4, -0.2) is 14.8 Å². The highest BCUT2D eigenvalue weighted by Gasteiger charge is 2.11. The van der Waals surface area contributed by atoms with Gasteiger partial charge in [-0.05, 0) is 78.6 Å². The first-order valence-corrected chi connectivity index (χ1v) is 7.79. The van der Waals surface area contributed by atoms with Gasteiger partial charge in [-0.25, -0.2) is 9.07 Å². The SMILES string of the molecule is Cc1cnccc1-c1cc2cnn(-c3ccc(F)cc3)c2cc1C. The number of halogens is 1. The molecule has 0 aliphatic heterocycles. The van der Waals surface area contributed by atoms with Crippen molar-refractivity contribution in [2.45, 2.75) is 13.8 Å². The van der Waals surface area contributed by atoms with Crippen molar-refractivity contribution in [1.29, 1.82) is 0 Å². The Morgan fingerprint density at radius 1 is 0.875 bits per heavy atom. The Labute approximate surface area is 139 Å². The highest BCUT2D eigenvalue weighted by molar-refractivity contribution is 5.88. The van der Waals surface area contributed by atoms with E-state index in [9.17, 15) is 4.39 Å². The smallest absolute Gasteiger partial charge is 0.123 e. The number of aryl methyl sites for hydroxylation is 2. The Kier molecular flexibility index (Phi) is 3.38. The van der Waals surface area contributed by atoms with E-state index in [1.54, 1.807) is 12.1 Å². The number of rotatable bonds is 2. The first-order chi connectivity index (χ1) is 11.6. The van der Waals surface area contributed by atoms with E-state index in [1.807, 2.05) is 29.3 Å². The fourth-order valence-corrected chi connectivity index (χ4v) is 3.03. The standard InChI is InChI=1S/C20H16FN3/c1-13-9-20-15(10-19(13)18-7-8-22-11-14(18)2)12-23-24(20)17-5-3-16(21)4-6-17/h3-12H,1-2H3. The summed E-state index contributed by atoms with van der Waals surface area (Å²) in [7, 11) is 0. The zero-order valence-electron chi connectivity index (χ0n) is 13.5. The summed E-state index contributed by atoms with van der Waals surface area (Å²) in [5.41, 5.74) is 6.53. The van der Waals surface area contributed by atoms with Gasteiger partial charge in [-0.1, -0.05) is 0 Å². The number of hydrogen-bond acceptors (Lipinski definition) is 2. The van der Waals surface area contributed by atoms with Crippen molar-refractivity contribution in [1.82, 2.24) is 14.8 Å². The lowest BCUT2D eigenvalue weighted by molar-refractivity contribution is 0.627. The van der Waals surface area contributed by atoms with Crippen LogP contribution in [0.5, 0.6) is 0 Å². The molecule has 118 valence electrons. The molecule has 4 rings (SSSR count). The number of benzene rings is 2. The Bertz CT molecular complexity index is 1030. The van der Waals surface area contributed by atoms with Crippen LogP contribution in [0.4, 0.5) is 4.39 Å². The van der Waals surface area contributed by atoms with E-state index in [0.717, 1.165) is 22.2 Å². The lowest BCUT2D eigenvalue weighted by Gasteiger charge is -2.10. The van der Waals surface area contributed by atoms with Crippen molar-refractivity contribution < 1.29 is 4.39 Å². The minimum atomic E-state index is -0.248. The average molecular weight is 317 g/mol. The fraction of sp³-hybridized carbons (Fsp3) is 0.100. The Hall–Kier alpha value is -3.01. The van der Waals surface area contributed by atoms with E-state index >= 15 is 0 Å². The lowest BCUT2D eigenvalue weighted by atomic mass is 9.97. The summed E-state index contributed by atoms with van der Waals surface area (Å²) in [6.07, 6.45) is 5.53. The molecule has 24 heavy (non-hydrogen) atoms. The summed E-state index contributed by atoms with van der Waals surface area (Å²) in [5, 5.41) is 5.53. The molecule has 0 bridgehead atoms. The summed E-state index contributed by atoms with van der Waals surface area (Å²) in [6, 6.07) is 12.7. The normalized spacial score (nSPS) is 11.1. The molecule has 0 spiro atoms. The second kappa shape index (κ2) is 5.57. The predicted molar refractivity (Wildman–Crippen MR) is 93.7 cm³/mol. The topological polar surface area (TPSA) is 30.7 Å². The Balaban J connectivity index is 1.90. The van der Waals surface area contributed by atoms with Gasteiger partial charge in [0.1, 0.15) is 5.82 Å². The molecule has 0 aliphatic rings. The molecule has 2 aromatic carbocycles. The van der Waals surface area contributed by atoms with E-state index in [4.69, 9.17) is 0 Å². The van der Waals surface area contributed by atoms with Gasteiger partial charge in [0.15, 0.2) is 0 Å². The summed E-state index contributed by atoms with van der Waals surface area (Å²) in [6.45, 7) is 4.16. The first-order valence-electron chi connectivity index (χ1n) is 7.79. The Morgan fingerprint density at radius 3 is 2.42 bits per heavy atom. The first kappa shape index (κ1) is 14.6. The van der Waals surface area contributed by atoms with Crippen molar-refractivity contribution in [2.24, 2.45) is 0 Å². The number of aromatic nitrogens is 3. The monoisotopic (exact) mass is 317 g/mol. The van der Waals surface area contributed by atoms with Gasteiger partial charge in [-0.3, -0.25) is 4.98 Å². The molecule has 4 aromatic rings. The fourth-order valence-electron chi connectivity index (χ4n) is 3.03. The van der Waals surface area contributed by atoms with Crippen LogP contribution in [0.15, 0.2) is 61.1 Å². The van der Waals surface area contributed by atoms with Crippen LogP contribution in [0.3, 0.4) is 0 Å². The molecular weight excluding hydrogens is 301 g/mol. The molecule has 0 saturated carbocycles. The van der Waals surface area contributed by atoms with Gasteiger partial charge in [-0.2, -0.15) is 5.10 Å². The molecule has 0 fully saturated rings. The average Bonchev–Trinajstić information content (AvgIpc) is 2.98. The number of hydrogen-bond donors (Lipinski definition) is 0. The highest BCUT2D eigenvalue weighted by Crippen LogP contribution is 2.31. The molecule has 0 aliphatic carbocycles. The number of nitrogens with zero attached hydrogens (tertiary/aromatic N) is 3. The van der Waals surface area contributed by atoms with E-state index < -0.39 is 0 Å². The third kappa shape index (κ3) is 2.36. The summed E-state index contributed by atoms with van der Waals surface area (Å²) >= 11 is 0. The van der Waals surface area contributed by atoms with Crippen molar-refractivity contribution in [2.75, 3.05) is 0 Å². The van der Waals surface area contributed by atoms with Crippen molar-refractivity contribution >= 4 is 10.9 Å². The summed E-state index contributed by atoms with van der Waals surface area (Å²) < 4.78 is 15.0. The van der Waals surface area contributed by atoms with Gasteiger partial charge in [0, 0.05) is 17.8 Å². The molecular formula is C20H16FN3. The van der Waals surface area contributed by atoms with Crippen LogP contribution < -0.4 is 0 Å². The second-order valence-corrected chi connectivity index (χ2v) is 5.95. The minimum absolute atomic E-state index is 0.248. The number of fused-ring (bicyclic) bond motifs is 1. The molecule has 4 heteroatoms. The lowest BCUT2D eigenvalue weighted by Crippen LogP contribution is -1.96. The van der Waals surface area contributed by atoms with Gasteiger partial charge in [0.2, 0.25) is 0 Å². The maximum absolute atomic E-state index is 13.2. The maximum atomic E-state index is 13.2. The predicted octanol–water partition coefficient (Wildman–Crippen LogP) is 4.84. The van der Waals surface area contributed by atoms with Crippen LogP contribution in [0, 0.1) is 19.7 Å². The van der Waals surface area contributed by atoms with E-state index in [-0.39, 0.29) is 5.82 Å². The second-order valence-electron chi connectivity index (χ2n) is 5.95. The van der Waals surface area contributed by atoms with Crippen molar-refractivity contribution in [3.05, 3.63) is 78.0 Å². The molecule has 2 aromatic heterocycles. The summed E-state index contributed by atoms with van der Waals surface area (Å²) in [4.78, 5) is 4.17. The number of pyridine rings is 1. The van der Waals surface area contributed by atoms with Gasteiger partial charge in [-0.15, -0.1) is 0 Å². The highest BCUT2D eigenvalue weighted by atomic mass is 19.1. The largest absolute Gasteiger partial charge is 0.264 e.